The predicted molar refractivity (Wildman–Crippen MR) is 137 cm³/mol. The molecule has 0 aromatic carbocycles. The average Bonchev–Trinajstić information content (AvgIpc) is 3.33. The van der Waals surface area contributed by atoms with Crippen LogP contribution in [-0.4, -0.2) is 100 Å². The van der Waals surface area contributed by atoms with E-state index in [-0.39, 0.29) is 21.9 Å². The lowest BCUT2D eigenvalue weighted by molar-refractivity contribution is -0.139. The molecule has 214 valence electrons. The fourth-order valence-corrected chi connectivity index (χ4v) is 3.43. The fraction of sp³-hybridized carbons (Fsp3) is 0.600. The van der Waals surface area contributed by atoms with Gasteiger partial charge in [-0.05, 0) is 31.5 Å². The fourth-order valence-electron chi connectivity index (χ4n) is 3.14. The molecule has 0 amide bonds. The minimum absolute atomic E-state index is 0.0129. The number of nitrogens with zero attached hydrogens (tertiary/aromatic N) is 3. The number of aromatic nitrogens is 4. The lowest BCUT2D eigenvalue weighted by Gasteiger charge is -2.16. The quantitative estimate of drug-likeness (QED) is 0.0666. The molecular formula is C20H34N8O9S. The Balaban J connectivity index is 0.000000342. The van der Waals surface area contributed by atoms with E-state index >= 15 is 0 Å². The van der Waals surface area contributed by atoms with E-state index in [1.54, 1.807) is 0 Å². The molecule has 1 aliphatic heterocycles. The lowest BCUT2D eigenvalue weighted by atomic mass is 10.1. The second-order valence-electron chi connectivity index (χ2n) is 8.00. The third-order valence-electron chi connectivity index (χ3n) is 5.03. The highest BCUT2D eigenvalue weighted by Gasteiger charge is 2.44. The van der Waals surface area contributed by atoms with Gasteiger partial charge in [-0.25, -0.2) is 4.98 Å². The molecule has 1 unspecified atom stereocenters. The molecule has 3 heterocycles. The summed E-state index contributed by atoms with van der Waals surface area (Å²) in [5.74, 6) is -1.70. The highest BCUT2D eigenvalue weighted by Crippen LogP contribution is 2.31. The van der Waals surface area contributed by atoms with Gasteiger partial charge in [-0.3, -0.25) is 23.9 Å². The van der Waals surface area contributed by atoms with Crippen LogP contribution in [0.1, 0.15) is 38.8 Å². The largest absolute Gasteiger partial charge is 0.481 e. The number of aromatic amines is 2. The SMILES string of the molecule is CCCC(=O)O.NC(N)=NCCCC(N)C(=O)O.O=c1[nH]cnc2c1[nH]c(=S)n2[C@@H]1O[C@H](CO)[C@@H](O)[C@H]1O. The number of nitrogens with two attached hydrogens (primary N) is 3. The van der Waals surface area contributed by atoms with Crippen molar-refractivity contribution in [3.63, 3.8) is 0 Å². The maximum Gasteiger partial charge on any atom is 0.320 e. The first-order valence-electron chi connectivity index (χ1n) is 11.4. The number of nitrogens with one attached hydrogen (secondary N) is 2. The predicted octanol–water partition coefficient (Wildman–Crippen LogP) is -2.28. The van der Waals surface area contributed by atoms with Crippen molar-refractivity contribution in [2.75, 3.05) is 13.2 Å². The Kier molecular flexibility index (Phi) is 13.5. The summed E-state index contributed by atoms with van der Waals surface area (Å²) in [5, 5.41) is 45.1. The van der Waals surface area contributed by atoms with Crippen LogP contribution in [0, 0.1) is 4.77 Å². The number of aliphatic hydroxyl groups excluding tert-OH is 3. The zero-order valence-corrected chi connectivity index (χ0v) is 21.4. The number of aliphatic imine (C=N–C) groups is 1. The molecule has 0 saturated carbocycles. The van der Waals surface area contributed by atoms with Crippen molar-refractivity contribution in [2.24, 2.45) is 22.2 Å². The summed E-state index contributed by atoms with van der Waals surface area (Å²) < 4.78 is 6.82. The van der Waals surface area contributed by atoms with E-state index in [4.69, 9.17) is 49.5 Å². The van der Waals surface area contributed by atoms with Crippen LogP contribution in [0.2, 0.25) is 0 Å². The Morgan fingerprint density at radius 3 is 2.42 bits per heavy atom. The summed E-state index contributed by atoms with van der Waals surface area (Å²) in [5.41, 5.74) is 15.3. The molecule has 2 aromatic heterocycles. The summed E-state index contributed by atoms with van der Waals surface area (Å²) in [6.07, 6.45) is -1.32. The molecule has 0 bridgehead atoms. The number of aliphatic hydroxyl groups is 3. The van der Waals surface area contributed by atoms with E-state index in [0.29, 0.717) is 25.8 Å². The summed E-state index contributed by atoms with van der Waals surface area (Å²) in [7, 11) is 0. The van der Waals surface area contributed by atoms with E-state index in [1.807, 2.05) is 6.92 Å². The molecule has 38 heavy (non-hydrogen) atoms. The van der Waals surface area contributed by atoms with Crippen molar-refractivity contribution in [1.29, 1.82) is 0 Å². The number of carbonyl (C=O) groups is 2. The van der Waals surface area contributed by atoms with Gasteiger partial charge in [0.1, 0.15) is 24.4 Å². The van der Waals surface area contributed by atoms with Gasteiger partial charge in [0.2, 0.25) is 0 Å². The van der Waals surface area contributed by atoms with Gasteiger partial charge >= 0.3 is 11.9 Å². The van der Waals surface area contributed by atoms with E-state index in [0.717, 1.165) is 6.42 Å². The molecule has 13 N–H and O–H groups in total. The van der Waals surface area contributed by atoms with Gasteiger partial charge in [-0.2, -0.15) is 0 Å². The summed E-state index contributed by atoms with van der Waals surface area (Å²) in [4.78, 5) is 44.2. The zero-order valence-electron chi connectivity index (χ0n) is 20.6. The van der Waals surface area contributed by atoms with Crippen molar-refractivity contribution in [3.05, 3.63) is 21.5 Å². The number of hydrogen-bond donors (Lipinski definition) is 10. The maximum absolute atomic E-state index is 11.6. The van der Waals surface area contributed by atoms with Crippen LogP contribution in [-0.2, 0) is 14.3 Å². The number of aliphatic carboxylic acids is 2. The first-order valence-corrected chi connectivity index (χ1v) is 11.8. The number of guanidine groups is 1. The minimum atomic E-state index is -1.29. The van der Waals surface area contributed by atoms with E-state index in [1.165, 1.54) is 10.9 Å². The van der Waals surface area contributed by atoms with Gasteiger partial charge in [0.15, 0.2) is 28.1 Å². The van der Waals surface area contributed by atoms with Crippen LogP contribution in [0.3, 0.4) is 0 Å². The van der Waals surface area contributed by atoms with Crippen LogP contribution >= 0.6 is 12.2 Å². The summed E-state index contributed by atoms with van der Waals surface area (Å²) in [6.45, 7) is 1.82. The van der Waals surface area contributed by atoms with Crippen molar-refractivity contribution in [1.82, 2.24) is 19.5 Å². The average molecular weight is 563 g/mol. The summed E-state index contributed by atoms with van der Waals surface area (Å²) >= 11 is 5.10. The zero-order chi connectivity index (χ0) is 29.0. The number of fused-ring (bicyclic) bond motifs is 1. The van der Waals surface area contributed by atoms with E-state index in [2.05, 4.69) is 19.9 Å². The Morgan fingerprint density at radius 1 is 1.29 bits per heavy atom. The first kappa shape index (κ1) is 32.6. The Morgan fingerprint density at radius 2 is 1.95 bits per heavy atom. The molecule has 3 rings (SSSR count). The van der Waals surface area contributed by atoms with Gasteiger partial charge in [-0.15, -0.1) is 0 Å². The number of rotatable bonds is 9. The highest BCUT2D eigenvalue weighted by atomic mass is 32.1. The molecule has 0 aliphatic carbocycles. The number of hydrogen-bond acceptors (Lipinski definition) is 11. The number of H-pyrrole nitrogens is 2. The van der Waals surface area contributed by atoms with Crippen LogP contribution in [0.25, 0.3) is 11.2 Å². The highest BCUT2D eigenvalue weighted by molar-refractivity contribution is 7.71. The molecule has 0 radical (unpaired) electrons. The molecule has 1 saturated heterocycles. The van der Waals surface area contributed by atoms with E-state index < -0.39 is 54.7 Å². The molecule has 2 aromatic rings. The standard InChI is InChI=1S/C10H12N4O5S.C6H14N4O2.C4H8O2/c15-1-3-5(16)6(17)9(19-3)14-7-4(13-10(14)20)8(18)12-2-11-7;7-4(5(11)12)2-1-3-10-6(8)9;1-2-3-4(5)6/h2-3,5-6,9,15-17H,1H2,(H,13,20)(H,11,12,18);4H,1-3,7H2,(H,11,12)(H4,8,9,10);2-3H2,1H3,(H,5,6)/t3-,5-,6-,9-;;/m1../s1. The molecule has 17 nitrogen and oxygen atoms in total. The monoisotopic (exact) mass is 562 g/mol. The normalized spacial score (nSPS) is 21.0. The lowest BCUT2D eigenvalue weighted by Crippen LogP contribution is -2.33. The molecule has 1 aliphatic rings. The second-order valence-corrected chi connectivity index (χ2v) is 8.38. The van der Waals surface area contributed by atoms with Gasteiger partial charge < -0.3 is 57.4 Å². The molecule has 18 heteroatoms. The van der Waals surface area contributed by atoms with Crippen molar-refractivity contribution in [2.45, 2.75) is 63.2 Å². The smallest absolute Gasteiger partial charge is 0.320 e. The van der Waals surface area contributed by atoms with Crippen molar-refractivity contribution < 1.29 is 39.9 Å². The Bertz CT molecular complexity index is 1190. The third-order valence-corrected chi connectivity index (χ3v) is 5.33. The number of carboxylic acid groups (broad SMARTS) is 2. The van der Waals surface area contributed by atoms with Gasteiger partial charge in [0, 0.05) is 13.0 Å². The van der Waals surface area contributed by atoms with Gasteiger partial charge in [0.05, 0.1) is 12.9 Å². The topological polar surface area (TPSA) is 301 Å². The molecule has 0 spiro atoms. The molecular weight excluding hydrogens is 528 g/mol. The number of imidazole rings is 1. The van der Waals surface area contributed by atoms with Gasteiger partial charge in [-0.1, -0.05) is 6.92 Å². The minimum Gasteiger partial charge on any atom is -0.481 e. The molecule has 5 atom stereocenters. The van der Waals surface area contributed by atoms with Crippen molar-refractivity contribution >= 4 is 41.3 Å². The summed E-state index contributed by atoms with van der Waals surface area (Å²) in [6, 6.07) is -0.820. The van der Waals surface area contributed by atoms with Crippen LogP contribution in [0.4, 0.5) is 0 Å². The Hall–Kier alpha value is -3.42. The maximum atomic E-state index is 11.6. The molecule has 1 fully saturated rings. The first-order chi connectivity index (χ1) is 17.8. The number of ether oxygens (including phenoxy) is 1. The third kappa shape index (κ3) is 9.47. The second kappa shape index (κ2) is 15.7. The van der Waals surface area contributed by atoms with Gasteiger partial charge in [0.25, 0.3) is 5.56 Å². The van der Waals surface area contributed by atoms with E-state index in [9.17, 15) is 24.6 Å². The Labute approximate surface area is 221 Å². The van der Waals surface area contributed by atoms with Crippen LogP contribution < -0.4 is 22.8 Å². The van der Waals surface area contributed by atoms with Crippen LogP contribution in [0.5, 0.6) is 0 Å². The number of carboxylic acids is 2. The van der Waals surface area contributed by atoms with Crippen LogP contribution in [0.15, 0.2) is 16.1 Å². The van der Waals surface area contributed by atoms with Crippen molar-refractivity contribution in [3.8, 4) is 0 Å².